The molecule has 1 fully saturated rings. The van der Waals surface area contributed by atoms with Gasteiger partial charge in [-0.2, -0.15) is 0 Å². The van der Waals surface area contributed by atoms with E-state index in [2.05, 4.69) is 0 Å². The minimum absolute atomic E-state index is 0.0296. The molecule has 1 saturated carbocycles. The first-order valence-corrected chi connectivity index (χ1v) is 12.1. The quantitative estimate of drug-likeness (QED) is 0.379. The van der Waals surface area contributed by atoms with E-state index in [0.717, 1.165) is 12.8 Å². The average Bonchev–Trinajstić information content (AvgIpc) is 3.36. The molecular weight excluding hydrogens is 490 g/mol. The Labute approximate surface area is 213 Å². The molecule has 0 radical (unpaired) electrons. The van der Waals surface area contributed by atoms with Crippen LogP contribution in [0.25, 0.3) is 11.1 Å². The molecule has 3 aromatic carbocycles. The van der Waals surface area contributed by atoms with E-state index in [1.165, 1.54) is 35.9 Å². The number of rotatable bonds is 7. The summed E-state index contributed by atoms with van der Waals surface area (Å²) in [6.07, 6.45) is 4.50. The normalized spacial score (nSPS) is 13.6. The molecule has 4 rings (SSSR count). The number of amides is 2. The van der Waals surface area contributed by atoms with E-state index in [4.69, 9.17) is 33.7 Å². The number of benzene rings is 3. The highest BCUT2D eigenvalue weighted by Crippen LogP contribution is 2.38. The molecule has 3 aromatic rings. The zero-order valence-corrected chi connectivity index (χ0v) is 20.7. The zero-order chi connectivity index (χ0) is 25.1. The maximum Gasteiger partial charge on any atom is 0.262 e. The third kappa shape index (κ3) is 5.44. The van der Waals surface area contributed by atoms with E-state index in [1.54, 1.807) is 43.4 Å². The standard InChI is InChI=1S/C27H25Cl2FN2O3/c1-32(27(34)25-21(29)7-4-8-22(25)30)23-12-10-17(14-24(23)35-15-16-5-2-3-6-16)19-13-18(26(31)33)9-11-20(19)28/h4,7-14,16H,2-3,5-6,15H2,1H3,(H2,31,33). The lowest BCUT2D eigenvalue weighted by Gasteiger charge is -2.23. The third-order valence-corrected chi connectivity index (χ3v) is 6.96. The van der Waals surface area contributed by atoms with Crippen LogP contribution in [0.4, 0.5) is 10.1 Å². The van der Waals surface area contributed by atoms with Gasteiger partial charge >= 0.3 is 0 Å². The van der Waals surface area contributed by atoms with Gasteiger partial charge in [-0.1, -0.05) is 48.2 Å². The van der Waals surface area contributed by atoms with Crippen molar-refractivity contribution in [1.29, 1.82) is 0 Å². The van der Waals surface area contributed by atoms with Crippen LogP contribution < -0.4 is 15.4 Å². The van der Waals surface area contributed by atoms with Gasteiger partial charge in [0.25, 0.3) is 5.91 Å². The molecular formula is C27H25Cl2FN2O3. The smallest absolute Gasteiger partial charge is 0.262 e. The number of nitrogens with two attached hydrogens (primary N) is 1. The second-order valence-electron chi connectivity index (χ2n) is 8.66. The number of carbonyl (C=O) groups excluding carboxylic acids is 2. The SMILES string of the molecule is CN(C(=O)c1c(F)cccc1Cl)c1ccc(-c2cc(C(N)=O)ccc2Cl)cc1OCC1CCCC1. The summed E-state index contributed by atoms with van der Waals surface area (Å²) in [6, 6.07) is 14.1. The lowest BCUT2D eigenvalue weighted by atomic mass is 10.0. The fourth-order valence-electron chi connectivity index (χ4n) is 4.34. The van der Waals surface area contributed by atoms with Crippen molar-refractivity contribution in [1.82, 2.24) is 0 Å². The summed E-state index contributed by atoms with van der Waals surface area (Å²) in [5.74, 6) is -0.993. The maximum atomic E-state index is 14.4. The summed E-state index contributed by atoms with van der Waals surface area (Å²) in [4.78, 5) is 26.2. The number of nitrogens with zero attached hydrogens (tertiary/aromatic N) is 1. The molecule has 0 atom stereocenters. The van der Waals surface area contributed by atoms with Gasteiger partial charge in [-0.15, -0.1) is 0 Å². The van der Waals surface area contributed by atoms with Gasteiger partial charge in [0.2, 0.25) is 5.91 Å². The molecule has 35 heavy (non-hydrogen) atoms. The van der Waals surface area contributed by atoms with Crippen LogP contribution in [0.1, 0.15) is 46.4 Å². The molecule has 1 aliphatic rings. The van der Waals surface area contributed by atoms with Gasteiger partial charge < -0.3 is 15.4 Å². The lowest BCUT2D eigenvalue weighted by Crippen LogP contribution is -2.28. The maximum absolute atomic E-state index is 14.4. The van der Waals surface area contributed by atoms with Crippen LogP contribution in [0.2, 0.25) is 10.0 Å². The molecule has 0 unspecified atom stereocenters. The molecule has 0 aliphatic heterocycles. The largest absolute Gasteiger partial charge is 0.491 e. The van der Waals surface area contributed by atoms with Crippen molar-refractivity contribution in [3.63, 3.8) is 0 Å². The minimum atomic E-state index is -0.700. The molecule has 0 bridgehead atoms. The predicted octanol–water partition coefficient (Wildman–Crippen LogP) is 6.74. The van der Waals surface area contributed by atoms with Crippen molar-refractivity contribution in [3.8, 4) is 16.9 Å². The first-order valence-electron chi connectivity index (χ1n) is 11.3. The van der Waals surface area contributed by atoms with Crippen molar-refractivity contribution in [3.05, 3.63) is 81.6 Å². The first-order chi connectivity index (χ1) is 16.8. The molecule has 0 saturated heterocycles. The summed E-state index contributed by atoms with van der Waals surface area (Å²) >= 11 is 12.6. The van der Waals surface area contributed by atoms with E-state index in [1.807, 2.05) is 0 Å². The van der Waals surface area contributed by atoms with Gasteiger partial charge in [-0.25, -0.2) is 4.39 Å². The van der Waals surface area contributed by atoms with Crippen molar-refractivity contribution in [2.45, 2.75) is 25.7 Å². The summed E-state index contributed by atoms with van der Waals surface area (Å²) in [5, 5.41) is 0.467. The van der Waals surface area contributed by atoms with E-state index in [0.29, 0.717) is 45.7 Å². The second-order valence-corrected chi connectivity index (χ2v) is 9.48. The molecule has 0 heterocycles. The molecule has 1 aliphatic carbocycles. The molecule has 2 amide bonds. The second kappa shape index (κ2) is 10.7. The Balaban J connectivity index is 1.74. The average molecular weight is 515 g/mol. The number of hydrogen-bond acceptors (Lipinski definition) is 3. The predicted molar refractivity (Wildman–Crippen MR) is 137 cm³/mol. The van der Waals surface area contributed by atoms with Crippen molar-refractivity contribution >= 4 is 40.7 Å². The van der Waals surface area contributed by atoms with Gasteiger partial charge in [0.15, 0.2) is 0 Å². The Morgan fingerprint density at radius 3 is 2.49 bits per heavy atom. The summed E-state index contributed by atoms with van der Waals surface area (Å²) < 4.78 is 20.7. The minimum Gasteiger partial charge on any atom is -0.491 e. The Bertz CT molecular complexity index is 1260. The Morgan fingerprint density at radius 2 is 1.80 bits per heavy atom. The van der Waals surface area contributed by atoms with E-state index in [-0.39, 0.29) is 10.6 Å². The number of primary amides is 1. The molecule has 2 N–H and O–H groups in total. The Kier molecular flexibility index (Phi) is 7.63. The highest BCUT2D eigenvalue weighted by atomic mass is 35.5. The molecule has 182 valence electrons. The number of anilines is 1. The first kappa shape index (κ1) is 25.0. The Morgan fingerprint density at radius 1 is 1.06 bits per heavy atom. The fourth-order valence-corrected chi connectivity index (χ4v) is 4.81. The molecule has 5 nitrogen and oxygen atoms in total. The van der Waals surface area contributed by atoms with Crippen LogP contribution in [0.3, 0.4) is 0 Å². The topological polar surface area (TPSA) is 72.6 Å². The van der Waals surface area contributed by atoms with Gasteiger partial charge in [0.05, 0.1) is 22.9 Å². The third-order valence-electron chi connectivity index (χ3n) is 6.31. The molecule has 0 aromatic heterocycles. The van der Waals surface area contributed by atoms with E-state index < -0.39 is 17.6 Å². The van der Waals surface area contributed by atoms with Crippen LogP contribution in [0.5, 0.6) is 5.75 Å². The van der Waals surface area contributed by atoms with Gasteiger partial charge in [0.1, 0.15) is 11.6 Å². The lowest BCUT2D eigenvalue weighted by molar-refractivity contribution is 0.0984. The summed E-state index contributed by atoms with van der Waals surface area (Å²) in [5.41, 5.74) is 7.30. The summed E-state index contributed by atoms with van der Waals surface area (Å²) in [6.45, 7) is 0.494. The number of carbonyl (C=O) groups is 2. The molecule has 8 heteroatoms. The van der Waals surface area contributed by atoms with E-state index >= 15 is 0 Å². The van der Waals surface area contributed by atoms with Crippen LogP contribution in [-0.2, 0) is 0 Å². The van der Waals surface area contributed by atoms with Crippen molar-refractivity contribution in [2.75, 3.05) is 18.6 Å². The zero-order valence-electron chi connectivity index (χ0n) is 19.2. The van der Waals surface area contributed by atoms with Crippen LogP contribution in [0, 0.1) is 11.7 Å². The monoisotopic (exact) mass is 514 g/mol. The Hall–Kier alpha value is -3.09. The van der Waals surface area contributed by atoms with Crippen molar-refractivity contribution < 1.29 is 18.7 Å². The van der Waals surface area contributed by atoms with Crippen molar-refractivity contribution in [2.24, 2.45) is 11.7 Å². The number of ether oxygens (including phenoxy) is 1. The highest BCUT2D eigenvalue weighted by molar-refractivity contribution is 6.34. The van der Waals surface area contributed by atoms with E-state index in [9.17, 15) is 14.0 Å². The molecule has 0 spiro atoms. The van der Waals surface area contributed by atoms with Gasteiger partial charge in [0, 0.05) is 23.2 Å². The van der Waals surface area contributed by atoms with Crippen LogP contribution >= 0.6 is 23.2 Å². The van der Waals surface area contributed by atoms with Gasteiger partial charge in [-0.3, -0.25) is 9.59 Å². The van der Waals surface area contributed by atoms with Crippen LogP contribution in [0.15, 0.2) is 54.6 Å². The summed E-state index contributed by atoms with van der Waals surface area (Å²) in [7, 11) is 1.54. The number of halogens is 3. The van der Waals surface area contributed by atoms with Gasteiger partial charge in [-0.05, 0) is 66.8 Å². The highest BCUT2D eigenvalue weighted by Gasteiger charge is 2.24. The fraction of sp³-hybridized carbons (Fsp3) is 0.259. The number of hydrogen-bond donors (Lipinski definition) is 1. The van der Waals surface area contributed by atoms with Crippen LogP contribution in [-0.4, -0.2) is 25.5 Å².